The molecule has 176 valence electrons. The number of aryl methyl sites for hydroxylation is 3. The van der Waals surface area contributed by atoms with Crippen molar-refractivity contribution in [3.8, 4) is 22.8 Å². The van der Waals surface area contributed by atoms with E-state index in [2.05, 4.69) is 15.0 Å². The molecule has 0 radical (unpaired) electrons. The van der Waals surface area contributed by atoms with E-state index in [1.54, 1.807) is 32.2 Å². The van der Waals surface area contributed by atoms with Crippen LogP contribution in [0.1, 0.15) is 48.6 Å². The lowest BCUT2D eigenvalue weighted by Gasteiger charge is -2.16. The molecule has 0 aliphatic heterocycles. The highest BCUT2D eigenvalue weighted by atomic mass is 35.5. The van der Waals surface area contributed by atoms with Gasteiger partial charge in [-0.1, -0.05) is 43.1 Å². The van der Waals surface area contributed by atoms with Gasteiger partial charge in [0, 0.05) is 24.6 Å². The van der Waals surface area contributed by atoms with E-state index in [1.165, 1.54) is 10.8 Å². The Kier molecular flexibility index (Phi) is 6.72. The molecule has 1 aromatic carbocycles. The lowest BCUT2D eigenvalue weighted by atomic mass is 10.1. The average molecular weight is 500 g/mol. The number of rotatable bonds is 6. The molecule has 3 aromatic heterocycles. The van der Waals surface area contributed by atoms with Gasteiger partial charge in [-0.05, 0) is 31.5 Å². The van der Waals surface area contributed by atoms with E-state index in [1.807, 2.05) is 26.8 Å². The van der Waals surface area contributed by atoms with Crippen LogP contribution in [0.15, 0.2) is 39.9 Å². The fourth-order valence-electron chi connectivity index (χ4n) is 3.44. The maximum Gasteiger partial charge on any atom is 0.280 e. The number of ether oxygens (including phenoxy) is 1. The fourth-order valence-corrected chi connectivity index (χ4v) is 3.82. The minimum absolute atomic E-state index is 0.0153. The van der Waals surface area contributed by atoms with E-state index in [0.717, 1.165) is 22.6 Å². The molecule has 0 aliphatic carbocycles. The maximum absolute atomic E-state index is 13.2. The normalized spacial score (nSPS) is 11.3. The third kappa shape index (κ3) is 4.69. The second-order valence-electron chi connectivity index (χ2n) is 8.15. The minimum atomic E-state index is -0.498. The number of benzene rings is 1. The summed E-state index contributed by atoms with van der Waals surface area (Å²) < 4.78 is 12.2. The molecule has 0 saturated heterocycles. The Hall–Kier alpha value is -3.23. The molecule has 0 unspecified atom stereocenters. The fraction of sp³-hybridized carbons (Fsp3) is 0.292. The van der Waals surface area contributed by atoms with Gasteiger partial charge in [0.1, 0.15) is 30.2 Å². The molecule has 8 nitrogen and oxygen atoms in total. The zero-order valence-corrected chi connectivity index (χ0v) is 20.9. The highest BCUT2D eigenvalue weighted by molar-refractivity contribution is 6.33. The third-order valence-electron chi connectivity index (χ3n) is 5.16. The molecule has 10 heteroatoms. The Morgan fingerprint density at radius 1 is 1.12 bits per heavy atom. The summed E-state index contributed by atoms with van der Waals surface area (Å²) in [6, 6.07) is 5.38. The summed E-state index contributed by atoms with van der Waals surface area (Å²) in [6.45, 7) is 9.48. The molecule has 4 aromatic rings. The summed E-state index contributed by atoms with van der Waals surface area (Å²) in [5.74, 6) is 1.80. The van der Waals surface area contributed by atoms with Crippen LogP contribution in [0.3, 0.4) is 0 Å². The molecular weight excluding hydrogens is 477 g/mol. The summed E-state index contributed by atoms with van der Waals surface area (Å²) in [4.78, 5) is 30.9. The lowest BCUT2D eigenvalue weighted by Crippen LogP contribution is -2.24. The van der Waals surface area contributed by atoms with Crippen molar-refractivity contribution in [2.75, 3.05) is 0 Å². The molecule has 0 bridgehead atoms. The molecule has 0 fully saturated rings. The molecular formula is C24H23Cl2N5O3. The second kappa shape index (κ2) is 9.56. The molecule has 0 atom stereocenters. The molecule has 4 rings (SSSR count). The van der Waals surface area contributed by atoms with Gasteiger partial charge in [0.25, 0.3) is 5.56 Å². The highest BCUT2D eigenvalue weighted by Gasteiger charge is 2.19. The maximum atomic E-state index is 13.2. The third-order valence-corrected chi connectivity index (χ3v) is 5.80. The van der Waals surface area contributed by atoms with Crippen molar-refractivity contribution in [2.45, 2.75) is 47.1 Å². The average Bonchev–Trinajstić information content (AvgIpc) is 3.22. The summed E-state index contributed by atoms with van der Waals surface area (Å²) in [5, 5.41) is 0.210. The van der Waals surface area contributed by atoms with Crippen LogP contribution in [-0.2, 0) is 6.61 Å². The van der Waals surface area contributed by atoms with Crippen LogP contribution in [0.2, 0.25) is 10.0 Å². The van der Waals surface area contributed by atoms with Crippen LogP contribution < -0.4 is 10.3 Å². The number of hydrogen-bond acceptors (Lipinski definition) is 7. The highest BCUT2D eigenvalue weighted by Crippen LogP contribution is 2.30. The Bertz CT molecular complexity index is 1430. The molecule has 0 spiro atoms. The standard InChI is InChI=1S/C24H23Cl2N5O3/c1-12(2)22-27-9-13(3)21(30-22)16-6-7-18(25)19(8-16)31-14(4)28-23(20(26)24(31)32)34-11-17-10-33-15(5)29-17/h6-10,12H,11H2,1-5H3. The molecule has 0 saturated carbocycles. The predicted octanol–water partition coefficient (Wildman–Crippen LogP) is 5.61. The number of halogens is 2. The molecule has 0 amide bonds. The van der Waals surface area contributed by atoms with E-state index >= 15 is 0 Å². The Morgan fingerprint density at radius 3 is 2.56 bits per heavy atom. The smallest absolute Gasteiger partial charge is 0.280 e. The van der Waals surface area contributed by atoms with Crippen LogP contribution in [0.25, 0.3) is 16.9 Å². The molecule has 0 N–H and O–H groups in total. The summed E-state index contributed by atoms with van der Waals surface area (Å²) in [5.41, 5.74) is 2.98. The van der Waals surface area contributed by atoms with Crippen LogP contribution in [0, 0.1) is 20.8 Å². The summed E-state index contributed by atoms with van der Waals surface area (Å²) in [7, 11) is 0. The monoisotopic (exact) mass is 499 g/mol. The zero-order valence-electron chi connectivity index (χ0n) is 19.4. The van der Waals surface area contributed by atoms with E-state index in [-0.39, 0.29) is 23.4 Å². The van der Waals surface area contributed by atoms with Gasteiger partial charge in [0.05, 0.1) is 16.4 Å². The van der Waals surface area contributed by atoms with E-state index in [0.29, 0.717) is 28.1 Å². The number of aromatic nitrogens is 5. The second-order valence-corrected chi connectivity index (χ2v) is 8.93. The van der Waals surface area contributed by atoms with Gasteiger partial charge in [0.15, 0.2) is 10.9 Å². The van der Waals surface area contributed by atoms with Crippen molar-refractivity contribution in [2.24, 2.45) is 0 Å². The first kappa shape index (κ1) is 23.9. The SMILES string of the molecule is Cc1nc(COc2nc(C)n(-c3cc(-c4nc(C(C)C)ncc4C)ccc3Cl)c(=O)c2Cl)co1. The summed E-state index contributed by atoms with van der Waals surface area (Å²) >= 11 is 12.9. The number of oxazole rings is 1. The van der Waals surface area contributed by atoms with Crippen LogP contribution in [0.4, 0.5) is 0 Å². The van der Waals surface area contributed by atoms with Crippen molar-refractivity contribution in [1.82, 2.24) is 24.5 Å². The van der Waals surface area contributed by atoms with Crippen molar-refractivity contribution in [3.05, 3.63) is 79.9 Å². The van der Waals surface area contributed by atoms with Gasteiger partial charge >= 0.3 is 0 Å². The van der Waals surface area contributed by atoms with Gasteiger partial charge in [-0.25, -0.2) is 15.0 Å². The van der Waals surface area contributed by atoms with Crippen molar-refractivity contribution in [1.29, 1.82) is 0 Å². The van der Waals surface area contributed by atoms with E-state index in [9.17, 15) is 4.79 Å². The van der Waals surface area contributed by atoms with Crippen LogP contribution in [0.5, 0.6) is 5.88 Å². The Morgan fingerprint density at radius 2 is 1.88 bits per heavy atom. The molecule has 34 heavy (non-hydrogen) atoms. The zero-order chi connectivity index (χ0) is 24.6. The van der Waals surface area contributed by atoms with Crippen LogP contribution in [-0.4, -0.2) is 24.5 Å². The van der Waals surface area contributed by atoms with Gasteiger partial charge in [0.2, 0.25) is 5.88 Å². The van der Waals surface area contributed by atoms with Crippen molar-refractivity contribution >= 4 is 23.2 Å². The largest absolute Gasteiger partial charge is 0.470 e. The first-order valence-electron chi connectivity index (χ1n) is 10.6. The quantitative estimate of drug-likeness (QED) is 0.339. The number of hydrogen-bond donors (Lipinski definition) is 0. The Balaban J connectivity index is 1.76. The van der Waals surface area contributed by atoms with Gasteiger partial charge < -0.3 is 9.15 Å². The lowest BCUT2D eigenvalue weighted by molar-refractivity contribution is 0.287. The van der Waals surface area contributed by atoms with Gasteiger partial charge in [-0.2, -0.15) is 4.98 Å². The van der Waals surface area contributed by atoms with Gasteiger partial charge in [-0.3, -0.25) is 9.36 Å². The van der Waals surface area contributed by atoms with Crippen molar-refractivity contribution < 1.29 is 9.15 Å². The van der Waals surface area contributed by atoms with Crippen LogP contribution >= 0.6 is 23.2 Å². The molecule has 3 heterocycles. The number of nitrogens with zero attached hydrogens (tertiary/aromatic N) is 5. The topological polar surface area (TPSA) is 95.9 Å². The minimum Gasteiger partial charge on any atom is -0.470 e. The summed E-state index contributed by atoms with van der Waals surface area (Å²) in [6.07, 6.45) is 3.27. The Labute approximate surface area is 206 Å². The van der Waals surface area contributed by atoms with E-state index < -0.39 is 5.56 Å². The first-order chi connectivity index (χ1) is 16.2. The van der Waals surface area contributed by atoms with Crippen molar-refractivity contribution in [3.63, 3.8) is 0 Å². The first-order valence-corrected chi connectivity index (χ1v) is 11.4. The van der Waals surface area contributed by atoms with Gasteiger partial charge in [-0.15, -0.1) is 0 Å². The molecule has 0 aliphatic rings. The predicted molar refractivity (Wildman–Crippen MR) is 130 cm³/mol. The van der Waals surface area contributed by atoms with E-state index in [4.69, 9.17) is 37.3 Å².